The van der Waals surface area contributed by atoms with E-state index in [0.717, 1.165) is 83.7 Å². The highest BCUT2D eigenvalue weighted by atomic mass is 32.1. The van der Waals surface area contributed by atoms with Gasteiger partial charge >= 0.3 is 6.09 Å². The fraction of sp³-hybridized carbons (Fsp3) is 0.548. The number of likely N-dealkylation sites (tertiary alicyclic amines) is 1. The lowest BCUT2D eigenvalue weighted by Gasteiger charge is -2.35. The van der Waals surface area contributed by atoms with Crippen molar-refractivity contribution in [1.82, 2.24) is 24.8 Å². The lowest BCUT2D eigenvalue weighted by atomic mass is 9.99. The molecule has 13 heteroatoms. The number of ether oxygens (including phenoxy) is 1. The van der Waals surface area contributed by atoms with Gasteiger partial charge in [-0.2, -0.15) is 0 Å². The van der Waals surface area contributed by atoms with Crippen LogP contribution in [0, 0.1) is 13.8 Å². The Labute approximate surface area is 266 Å². The molecule has 0 aromatic carbocycles. The van der Waals surface area contributed by atoms with Crippen LogP contribution in [0.25, 0.3) is 10.6 Å². The number of aromatic nitrogens is 3. The molecule has 6 rings (SSSR count). The average molecular weight is 640 g/mol. The van der Waals surface area contributed by atoms with Gasteiger partial charge < -0.3 is 24.7 Å². The summed E-state index contributed by atoms with van der Waals surface area (Å²) in [4.78, 5) is 48.0. The molecule has 0 saturated carbocycles. The standard InChI is InChI=1S/C22H24N6O2S2.C9H17NO2/c1-12-20(32-13(2)24-12)18-11-31-22(25-18)26-19-7-4-14(10-23-19)21(29)28-16-5-6-17(28)9-15(8-16)27-30-3;1-9(2,3)12-8(11)10-6-4-5-7-10/h4,7,10-11,16-17H,5-6,8-9H2,1-3H3,(H,23,25,26);4-7H2,1-3H3/t16-,17+;. The Hall–Kier alpha value is -3.58. The molecule has 3 saturated heterocycles. The van der Waals surface area contributed by atoms with Crippen molar-refractivity contribution in [2.45, 2.75) is 90.8 Å². The molecule has 236 valence electrons. The van der Waals surface area contributed by atoms with Crippen LogP contribution < -0.4 is 5.32 Å². The molecule has 11 nitrogen and oxygen atoms in total. The molecule has 3 fully saturated rings. The summed E-state index contributed by atoms with van der Waals surface area (Å²) in [5, 5.41) is 11.2. The monoisotopic (exact) mass is 639 g/mol. The number of nitrogens with zero attached hydrogens (tertiary/aromatic N) is 6. The van der Waals surface area contributed by atoms with E-state index in [9.17, 15) is 9.59 Å². The maximum absolute atomic E-state index is 13.2. The van der Waals surface area contributed by atoms with Gasteiger partial charge in [-0.05, 0) is 72.4 Å². The molecule has 0 unspecified atom stereocenters. The summed E-state index contributed by atoms with van der Waals surface area (Å²) < 4.78 is 5.21. The molecule has 2 atom stereocenters. The molecule has 3 aromatic heterocycles. The topological polar surface area (TPSA) is 122 Å². The second-order valence-electron chi connectivity index (χ2n) is 12.3. The van der Waals surface area contributed by atoms with Crippen LogP contribution in [0.15, 0.2) is 28.9 Å². The maximum Gasteiger partial charge on any atom is 0.410 e. The molecular weight excluding hydrogens is 599 g/mol. The van der Waals surface area contributed by atoms with Gasteiger partial charge in [-0.3, -0.25) is 4.79 Å². The maximum atomic E-state index is 13.2. The Morgan fingerprint density at radius 2 is 1.77 bits per heavy atom. The first-order valence-electron chi connectivity index (χ1n) is 15.0. The van der Waals surface area contributed by atoms with Gasteiger partial charge in [0.1, 0.15) is 18.5 Å². The third kappa shape index (κ3) is 7.73. The molecule has 2 bridgehead atoms. The van der Waals surface area contributed by atoms with E-state index in [2.05, 4.69) is 25.4 Å². The largest absolute Gasteiger partial charge is 0.444 e. The van der Waals surface area contributed by atoms with Crippen LogP contribution in [0.4, 0.5) is 15.7 Å². The van der Waals surface area contributed by atoms with Gasteiger partial charge in [0.25, 0.3) is 5.91 Å². The number of pyridine rings is 1. The number of hydrogen-bond acceptors (Lipinski definition) is 11. The van der Waals surface area contributed by atoms with Crippen molar-refractivity contribution < 1.29 is 19.2 Å². The minimum Gasteiger partial charge on any atom is -0.444 e. The number of oxime groups is 1. The fourth-order valence-corrected chi connectivity index (χ4v) is 7.47. The van der Waals surface area contributed by atoms with Crippen molar-refractivity contribution in [3.63, 3.8) is 0 Å². The second-order valence-corrected chi connectivity index (χ2v) is 14.3. The number of anilines is 2. The Morgan fingerprint density at radius 3 is 2.34 bits per heavy atom. The summed E-state index contributed by atoms with van der Waals surface area (Å²) in [7, 11) is 1.57. The van der Waals surface area contributed by atoms with Gasteiger partial charge in [0.15, 0.2) is 5.13 Å². The number of nitrogens with one attached hydrogen (secondary N) is 1. The number of carbonyl (C=O) groups excluding carboxylic acids is 2. The van der Waals surface area contributed by atoms with Gasteiger partial charge in [0, 0.05) is 49.6 Å². The van der Waals surface area contributed by atoms with E-state index in [1.165, 1.54) is 11.3 Å². The molecule has 1 N–H and O–H groups in total. The first-order chi connectivity index (χ1) is 21.0. The molecule has 44 heavy (non-hydrogen) atoms. The molecule has 0 aliphatic carbocycles. The summed E-state index contributed by atoms with van der Waals surface area (Å²) in [6.45, 7) is 11.4. The van der Waals surface area contributed by atoms with Crippen LogP contribution in [0.1, 0.15) is 80.4 Å². The van der Waals surface area contributed by atoms with E-state index in [4.69, 9.17) is 9.57 Å². The van der Waals surface area contributed by atoms with Crippen LogP contribution in [0.2, 0.25) is 0 Å². The van der Waals surface area contributed by atoms with Crippen LogP contribution >= 0.6 is 22.7 Å². The van der Waals surface area contributed by atoms with Crippen LogP contribution in [-0.4, -0.2) is 80.3 Å². The van der Waals surface area contributed by atoms with Gasteiger partial charge in [-0.1, -0.05) is 5.16 Å². The zero-order valence-corrected chi connectivity index (χ0v) is 27.9. The van der Waals surface area contributed by atoms with Crippen molar-refractivity contribution in [3.8, 4) is 10.6 Å². The van der Waals surface area contributed by atoms with Crippen molar-refractivity contribution >= 4 is 51.3 Å². The quantitative estimate of drug-likeness (QED) is 0.302. The number of hydrogen-bond donors (Lipinski definition) is 1. The van der Waals surface area contributed by atoms with Gasteiger partial charge in [-0.15, -0.1) is 22.7 Å². The first-order valence-corrected chi connectivity index (χ1v) is 16.7. The predicted molar refractivity (Wildman–Crippen MR) is 174 cm³/mol. The van der Waals surface area contributed by atoms with Gasteiger partial charge in [-0.25, -0.2) is 19.7 Å². The third-order valence-corrected chi connectivity index (χ3v) is 9.51. The third-order valence-electron chi connectivity index (χ3n) is 7.66. The number of piperidine rings is 1. The van der Waals surface area contributed by atoms with E-state index in [1.807, 2.05) is 57.0 Å². The predicted octanol–water partition coefficient (Wildman–Crippen LogP) is 6.81. The number of thiazole rings is 2. The Balaban J connectivity index is 0.000000270. The van der Waals surface area contributed by atoms with Gasteiger partial charge in [0.05, 0.1) is 32.5 Å². The number of fused-ring (bicyclic) bond motifs is 2. The Kier molecular flexibility index (Phi) is 9.84. The summed E-state index contributed by atoms with van der Waals surface area (Å²) in [5.41, 5.74) is 3.21. The van der Waals surface area contributed by atoms with E-state index >= 15 is 0 Å². The highest BCUT2D eigenvalue weighted by Gasteiger charge is 2.42. The summed E-state index contributed by atoms with van der Waals surface area (Å²) in [6, 6.07) is 4.06. The second kappa shape index (κ2) is 13.6. The molecule has 0 spiro atoms. The summed E-state index contributed by atoms with van der Waals surface area (Å²) in [6.07, 6.45) is 7.30. The van der Waals surface area contributed by atoms with Crippen molar-refractivity contribution in [2.24, 2.45) is 5.16 Å². The lowest BCUT2D eigenvalue weighted by Crippen LogP contribution is -2.46. The molecule has 0 radical (unpaired) electrons. The molecule has 3 aromatic rings. The smallest absolute Gasteiger partial charge is 0.410 e. The molecule has 6 heterocycles. The fourth-order valence-electron chi connectivity index (χ4n) is 5.81. The zero-order chi connectivity index (χ0) is 31.4. The highest BCUT2D eigenvalue weighted by molar-refractivity contribution is 7.16. The summed E-state index contributed by atoms with van der Waals surface area (Å²) in [5.74, 6) is 0.705. The van der Waals surface area contributed by atoms with E-state index in [-0.39, 0.29) is 29.7 Å². The van der Waals surface area contributed by atoms with E-state index < -0.39 is 0 Å². The average Bonchev–Trinajstić information content (AvgIpc) is 3.76. The highest BCUT2D eigenvalue weighted by Crippen LogP contribution is 2.36. The molecule has 3 aliphatic rings. The first kappa shape index (κ1) is 31.8. The Morgan fingerprint density at radius 1 is 1.07 bits per heavy atom. The van der Waals surface area contributed by atoms with Crippen LogP contribution in [-0.2, 0) is 9.57 Å². The number of aryl methyl sites for hydroxylation is 2. The van der Waals surface area contributed by atoms with Crippen LogP contribution in [0.3, 0.4) is 0 Å². The molecular formula is C31H41N7O4S2. The van der Waals surface area contributed by atoms with E-state index in [1.54, 1.807) is 29.5 Å². The summed E-state index contributed by atoms with van der Waals surface area (Å²) >= 11 is 3.17. The number of carbonyl (C=O) groups is 2. The van der Waals surface area contributed by atoms with Crippen molar-refractivity contribution in [2.75, 3.05) is 25.5 Å². The van der Waals surface area contributed by atoms with E-state index in [0.29, 0.717) is 11.4 Å². The van der Waals surface area contributed by atoms with Crippen LogP contribution in [0.5, 0.6) is 0 Å². The lowest BCUT2D eigenvalue weighted by molar-refractivity contribution is 0.0295. The number of amides is 2. The minimum atomic E-state index is -0.361. The van der Waals surface area contributed by atoms with Gasteiger partial charge in [0.2, 0.25) is 0 Å². The number of rotatable bonds is 5. The Bertz CT molecular complexity index is 1470. The zero-order valence-electron chi connectivity index (χ0n) is 26.3. The van der Waals surface area contributed by atoms with Crippen molar-refractivity contribution in [1.29, 1.82) is 0 Å². The van der Waals surface area contributed by atoms with Crippen molar-refractivity contribution in [3.05, 3.63) is 40.0 Å². The SMILES string of the molecule is CC(C)(C)OC(=O)N1CCCC1.CON=C1C[C@H]2CC[C@@H](C1)N2C(=O)c1ccc(Nc2nc(-c3sc(C)nc3C)cs2)nc1. The molecule has 2 amide bonds. The molecule has 3 aliphatic heterocycles. The minimum absolute atomic E-state index is 0.0422. The normalized spacial score (nSPS) is 20.4.